The van der Waals surface area contributed by atoms with Crippen LogP contribution in [0.3, 0.4) is 0 Å². The van der Waals surface area contributed by atoms with Gasteiger partial charge in [0.1, 0.15) is 30.1 Å². The van der Waals surface area contributed by atoms with E-state index in [1.807, 2.05) is 36.5 Å². The average Bonchev–Trinajstić information content (AvgIpc) is 3.33. The van der Waals surface area contributed by atoms with Gasteiger partial charge in [-0.05, 0) is 56.0 Å². The number of nitrogens with zero attached hydrogens (tertiary/aromatic N) is 6. The Kier molecular flexibility index (Phi) is 7.34. The van der Waals surface area contributed by atoms with E-state index in [4.69, 9.17) is 21.3 Å². The number of aliphatic hydroxyl groups is 1. The molecule has 1 aliphatic rings. The molecule has 4 aromatic heterocycles. The van der Waals surface area contributed by atoms with Crippen molar-refractivity contribution >= 4 is 28.8 Å². The second-order valence-corrected chi connectivity index (χ2v) is 11.3. The van der Waals surface area contributed by atoms with Crippen LogP contribution in [0.1, 0.15) is 33.3 Å². The summed E-state index contributed by atoms with van der Waals surface area (Å²) in [6.45, 7) is 9.62. The number of ether oxygens (including phenoxy) is 1. The maximum Gasteiger partial charge on any atom is 0.144 e. The van der Waals surface area contributed by atoms with Gasteiger partial charge in [-0.25, -0.2) is 14.5 Å². The zero-order valence-electron chi connectivity index (χ0n) is 22.5. The summed E-state index contributed by atoms with van der Waals surface area (Å²) in [5, 5.41) is 28.3. The molecule has 0 radical (unpaired) electrons. The number of piperidine rings is 1. The maximum absolute atomic E-state index is 10.1. The summed E-state index contributed by atoms with van der Waals surface area (Å²) in [5.41, 5.74) is 1.80. The van der Waals surface area contributed by atoms with Crippen LogP contribution in [0, 0.1) is 23.2 Å². The fourth-order valence-electron chi connectivity index (χ4n) is 5.15. The molecule has 4 aromatic rings. The van der Waals surface area contributed by atoms with E-state index in [-0.39, 0.29) is 12.6 Å². The van der Waals surface area contributed by atoms with Gasteiger partial charge in [0.15, 0.2) is 0 Å². The number of anilines is 2. The van der Waals surface area contributed by atoms with Crippen molar-refractivity contribution in [3.8, 4) is 22.9 Å². The molecule has 1 fully saturated rings. The summed E-state index contributed by atoms with van der Waals surface area (Å²) >= 11 is 6.34. The Bertz CT molecular complexity index is 1500. The number of hydrogen-bond acceptors (Lipinski definition) is 8. The number of aromatic nitrogens is 4. The first-order valence-corrected chi connectivity index (χ1v) is 13.4. The molecule has 0 aromatic carbocycles. The van der Waals surface area contributed by atoms with Crippen molar-refractivity contribution in [1.82, 2.24) is 19.6 Å². The largest absolute Gasteiger partial charge is 0.489 e. The first-order chi connectivity index (χ1) is 18.6. The Hall–Kier alpha value is -3.87. The fraction of sp³-hybridized carbons (Fsp3) is 0.379. The standard InChI is InChI=1S/C29H32ClN7O2/c1-18-14-36(15-19(2)26(18)35-28-24(30)6-5-9-32-28)25-8-7-20(12-33-25)23-10-22(39-17-29(3,4)38)16-37-27(23)21(11-31)13-34-37/h5-10,12-13,16,18-19,26,38H,14-15,17H2,1-4H3,(H,32,35)/t18-,19+,26+. The molecule has 1 saturated heterocycles. The van der Waals surface area contributed by atoms with E-state index >= 15 is 0 Å². The number of fused-ring (bicyclic) bond motifs is 1. The van der Waals surface area contributed by atoms with Crippen molar-refractivity contribution < 1.29 is 9.84 Å². The molecular formula is C29H32ClN7O2. The van der Waals surface area contributed by atoms with Gasteiger partial charge in [-0.15, -0.1) is 0 Å². The predicted molar refractivity (Wildman–Crippen MR) is 152 cm³/mol. The molecule has 5 rings (SSSR count). The van der Waals surface area contributed by atoms with Gasteiger partial charge in [0.25, 0.3) is 0 Å². The molecule has 5 heterocycles. The van der Waals surface area contributed by atoms with Crippen molar-refractivity contribution in [3.05, 3.63) is 65.7 Å². The van der Waals surface area contributed by atoms with Crippen LogP contribution in [0.4, 0.5) is 11.6 Å². The molecule has 10 heteroatoms. The van der Waals surface area contributed by atoms with Crippen LogP contribution in [-0.4, -0.2) is 56.0 Å². The van der Waals surface area contributed by atoms with Crippen LogP contribution in [0.15, 0.2) is 55.1 Å². The monoisotopic (exact) mass is 545 g/mol. The number of hydrogen-bond donors (Lipinski definition) is 2. The Morgan fingerprint density at radius 2 is 1.95 bits per heavy atom. The quantitative estimate of drug-likeness (QED) is 0.332. The first kappa shape index (κ1) is 26.7. The van der Waals surface area contributed by atoms with Crippen LogP contribution >= 0.6 is 11.6 Å². The first-order valence-electron chi connectivity index (χ1n) is 13.0. The Labute approximate surface area is 233 Å². The molecule has 0 unspecified atom stereocenters. The van der Waals surface area contributed by atoms with Gasteiger partial charge in [-0.1, -0.05) is 25.4 Å². The van der Waals surface area contributed by atoms with Crippen molar-refractivity contribution in [2.24, 2.45) is 11.8 Å². The van der Waals surface area contributed by atoms with Crippen LogP contribution < -0.4 is 15.0 Å². The van der Waals surface area contributed by atoms with Gasteiger partial charge in [0, 0.05) is 42.7 Å². The molecular weight excluding hydrogens is 514 g/mol. The van der Waals surface area contributed by atoms with E-state index < -0.39 is 5.60 Å². The second-order valence-electron chi connectivity index (χ2n) is 10.9. The predicted octanol–water partition coefficient (Wildman–Crippen LogP) is 5.04. The van der Waals surface area contributed by atoms with Gasteiger partial charge in [0.05, 0.1) is 34.1 Å². The molecule has 39 heavy (non-hydrogen) atoms. The lowest BCUT2D eigenvalue weighted by atomic mass is 9.85. The molecule has 3 atom stereocenters. The highest BCUT2D eigenvalue weighted by atomic mass is 35.5. The highest BCUT2D eigenvalue weighted by molar-refractivity contribution is 6.32. The van der Waals surface area contributed by atoms with Crippen molar-refractivity contribution in [1.29, 1.82) is 5.26 Å². The lowest BCUT2D eigenvalue weighted by Gasteiger charge is -2.42. The Morgan fingerprint density at radius 1 is 1.18 bits per heavy atom. The summed E-state index contributed by atoms with van der Waals surface area (Å²) < 4.78 is 7.48. The molecule has 1 aliphatic heterocycles. The number of nitriles is 1. The normalized spacial score (nSPS) is 19.6. The number of rotatable bonds is 7. The molecule has 9 nitrogen and oxygen atoms in total. The number of pyridine rings is 3. The molecule has 0 bridgehead atoms. The molecule has 2 N–H and O–H groups in total. The minimum absolute atomic E-state index is 0.120. The lowest BCUT2D eigenvalue weighted by Crippen LogP contribution is -2.51. The van der Waals surface area contributed by atoms with Crippen LogP contribution in [0.25, 0.3) is 16.6 Å². The third-order valence-electron chi connectivity index (χ3n) is 6.99. The van der Waals surface area contributed by atoms with Crippen molar-refractivity contribution in [3.63, 3.8) is 0 Å². The summed E-state index contributed by atoms with van der Waals surface area (Å²) in [5.74, 6) is 2.83. The summed E-state index contributed by atoms with van der Waals surface area (Å²) in [7, 11) is 0. The maximum atomic E-state index is 10.1. The van der Waals surface area contributed by atoms with Gasteiger partial charge in [-0.2, -0.15) is 10.4 Å². The Balaban J connectivity index is 1.38. The number of halogens is 1. The third-order valence-corrected chi connectivity index (χ3v) is 7.29. The minimum Gasteiger partial charge on any atom is -0.489 e. The van der Waals surface area contributed by atoms with Crippen molar-refractivity contribution in [2.45, 2.75) is 39.3 Å². The summed E-state index contributed by atoms with van der Waals surface area (Å²) in [4.78, 5) is 11.5. The minimum atomic E-state index is -0.985. The third kappa shape index (κ3) is 5.77. The smallest absolute Gasteiger partial charge is 0.144 e. The summed E-state index contributed by atoms with van der Waals surface area (Å²) in [6, 6.07) is 12.0. The summed E-state index contributed by atoms with van der Waals surface area (Å²) in [6.07, 6.45) is 6.83. The van der Waals surface area contributed by atoms with Crippen molar-refractivity contribution in [2.75, 3.05) is 29.9 Å². The Morgan fingerprint density at radius 3 is 2.59 bits per heavy atom. The van der Waals surface area contributed by atoms with Crippen LogP contribution in [0.2, 0.25) is 5.02 Å². The lowest BCUT2D eigenvalue weighted by molar-refractivity contribution is 0.0283. The van der Waals surface area contributed by atoms with Gasteiger partial charge < -0.3 is 20.1 Å². The SMILES string of the molecule is C[C@@H]1CN(c2ccc(-c3cc(OCC(C)(C)O)cn4ncc(C#N)c34)cn2)C[C@H](C)[C@H]1Nc1ncccc1Cl. The molecule has 202 valence electrons. The van der Waals surface area contributed by atoms with E-state index in [0.717, 1.165) is 35.9 Å². The zero-order chi connectivity index (χ0) is 27.7. The van der Waals surface area contributed by atoms with Gasteiger partial charge >= 0.3 is 0 Å². The molecule has 0 aliphatic carbocycles. The van der Waals surface area contributed by atoms with Crippen LogP contribution in [-0.2, 0) is 0 Å². The topological polar surface area (TPSA) is 112 Å². The van der Waals surface area contributed by atoms with E-state index in [9.17, 15) is 10.4 Å². The van der Waals surface area contributed by atoms with Gasteiger partial charge in [0.2, 0.25) is 0 Å². The van der Waals surface area contributed by atoms with Gasteiger partial charge in [-0.3, -0.25) is 0 Å². The van der Waals surface area contributed by atoms with Crippen LogP contribution in [0.5, 0.6) is 5.75 Å². The fourth-order valence-corrected chi connectivity index (χ4v) is 5.33. The highest BCUT2D eigenvalue weighted by Gasteiger charge is 2.33. The molecule has 0 spiro atoms. The van der Waals surface area contributed by atoms with E-state index in [0.29, 0.717) is 33.7 Å². The molecule has 0 amide bonds. The highest BCUT2D eigenvalue weighted by Crippen LogP contribution is 2.33. The number of nitrogens with one attached hydrogen (secondary N) is 1. The van der Waals surface area contributed by atoms with E-state index in [1.54, 1.807) is 37.0 Å². The second kappa shape index (κ2) is 10.7. The average molecular weight is 546 g/mol. The van der Waals surface area contributed by atoms with E-state index in [2.05, 4.69) is 40.2 Å². The zero-order valence-corrected chi connectivity index (χ0v) is 23.2. The molecule has 0 saturated carbocycles. The van der Waals surface area contributed by atoms with E-state index in [1.165, 1.54) is 0 Å².